The Morgan fingerprint density at radius 2 is 1.09 bits per heavy atom. The highest BCUT2D eigenvalue weighted by molar-refractivity contribution is 9.09. The van der Waals surface area contributed by atoms with E-state index in [4.69, 9.17) is 0 Å². The summed E-state index contributed by atoms with van der Waals surface area (Å²) in [6.45, 7) is 3.84. The summed E-state index contributed by atoms with van der Waals surface area (Å²) in [7, 11) is 0. The number of nitrogens with zero attached hydrogens (tertiary/aromatic N) is 4. The normalized spacial score (nSPS) is 11.2. The lowest BCUT2D eigenvalue weighted by atomic mass is 10.2. The first kappa shape index (κ1) is 33.0. The monoisotopic (exact) mass is 646 g/mol. The van der Waals surface area contributed by atoms with Crippen molar-refractivity contribution in [2.75, 3.05) is 0 Å². The third kappa shape index (κ3) is 6.78. The molecule has 9 heteroatoms. The molecule has 6 aromatic rings. The van der Waals surface area contributed by atoms with Crippen LogP contribution in [0.5, 0.6) is 0 Å². The molecule has 1 atom stereocenters. The fourth-order valence-electron chi connectivity index (χ4n) is 4.53. The van der Waals surface area contributed by atoms with Crippen molar-refractivity contribution >= 4 is 37.7 Å². The molecule has 0 saturated carbocycles. The number of fused-ring (bicyclic) bond motifs is 2. The average molecular weight is 648 g/mol. The van der Waals surface area contributed by atoms with Gasteiger partial charge >= 0.3 is 0 Å². The molecule has 43 heavy (non-hydrogen) atoms. The molecule has 0 aliphatic carbocycles. The Balaban J connectivity index is 0.000000225. The Morgan fingerprint density at radius 3 is 1.56 bits per heavy atom. The molecule has 0 bridgehead atoms. The minimum Gasteiger partial charge on any atom is -0.268 e. The topological polar surface area (TPSA) is 69.8 Å². The van der Waals surface area contributed by atoms with E-state index in [1.165, 1.54) is 28.8 Å². The number of halogens is 3. The standard InChI is InChI=1S/C16H12BrFN2O.C16H13FN2O.2CH4/c1-10(17)15-19-14-5-3-2-4-13(14)16(21)20(15)12-8-6-11(18)7-9-12;1-2-15-18-14-6-4-3-5-13(14)16(20)19(15)12-9-7-11(17)8-10-12;;/h2-10H,1H3;3-10H,2H2,1H3;2*1H4. The van der Waals surface area contributed by atoms with Crippen LogP contribution >= 0.6 is 15.9 Å². The maximum absolute atomic E-state index is 13.1. The molecule has 0 amide bonds. The van der Waals surface area contributed by atoms with E-state index in [0.29, 0.717) is 51.3 Å². The molecule has 4 aromatic carbocycles. The summed E-state index contributed by atoms with van der Waals surface area (Å²) in [5.41, 5.74) is 2.29. The van der Waals surface area contributed by atoms with Crippen LogP contribution in [-0.4, -0.2) is 19.1 Å². The van der Waals surface area contributed by atoms with Crippen LogP contribution in [0.4, 0.5) is 8.78 Å². The fraction of sp³-hybridized carbons (Fsp3) is 0.176. The third-order valence-corrected chi connectivity index (χ3v) is 6.90. The molecule has 0 aliphatic heterocycles. The van der Waals surface area contributed by atoms with E-state index >= 15 is 0 Å². The predicted molar refractivity (Wildman–Crippen MR) is 175 cm³/mol. The van der Waals surface area contributed by atoms with E-state index < -0.39 is 0 Å². The quantitative estimate of drug-likeness (QED) is 0.181. The minimum atomic E-state index is -0.339. The molecule has 6 nitrogen and oxygen atoms in total. The van der Waals surface area contributed by atoms with E-state index in [1.807, 2.05) is 44.2 Å². The molecule has 0 spiro atoms. The summed E-state index contributed by atoms with van der Waals surface area (Å²) >= 11 is 3.47. The second kappa shape index (κ2) is 14.1. The van der Waals surface area contributed by atoms with Gasteiger partial charge in [-0.15, -0.1) is 0 Å². The Labute approximate surface area is 257 Å². The van der Waals surface area contributed by atoms with Crippen molar-refractivity contribution in [1.29, 1.82) is 0 Å². The molecule has 0 saturated heterocycles. The lowest BCUT2D eigenvalue weighted by Gasteiger charge is -2.15. The van der Waals surface area contributed by atoms with Crippen LogP contribution in [-0.2, 0) is 6.42 Å². The first-order valence-corrected chi connectivity index (χ1v) is 13.9. The number of para-hydroxylation sites is 2. The van der Waals surface area contributed by atoms with Crippen molar-refractivity contribution in [3.05, 3.63) is 141 Å². The Kier molecular flexibility index (Phi) is 10.8. The van der Waals surface area contributed by atoms with E-state index in [0.717, 1.165) is 0 Å². The zero-order valence-electron chi connectivity index (χ0n) is 22.3. The molecule has 6 rings (SSSR count). The summed E-state index contributed by atoms with van der Waals surface area (Å²) in [4.78, 5) is 34.3. The molecule has 0 radical (unpaired) electrons. The van der Waals surface area contributed by atoms with Gasteiger partial charge in [0.1, 0.15) is 23.3 Å². The highest BCUT2D eigenvalue weighted by Gasteiger charge is 2.16. The lowest BCUT2D eigenvalue weighted by molar-refractivity contribution is 0.626. The first-order chi connectivity index (χ1) is 19.8. The Hall–Kier alpha value is -4.50. The van der Waals surface area contributed by atoms with Gasteiger partial charge in [0.2, 0.25) is 0 Å². The molecule has 2 aromatic heterocycles. The van der Waals surface area contributed by atoms with Crippen LogP contribution < -0.4 is 11.1 Å². The van der Waals surface area contributed by atoms with Gasteiger partial charge < -0.3 is 0 Å². The second-order valence-corrected chi connectivity index (χ2v) is 10.6. The van der Waals surface area contributed by atoms with Crippen molar-refractivity contribution in [2.45, 2.75) is 39.9 Å². The van der Waals surface area contributed by atoms with Crippen LogP contribution in [0.3, 0.4) is 0 Å². The van der Waals surface area contributed by atoms with Crippen molar-refractivity contribution < 1.29 is 8.78 Å². The van der Waals surface area contributed by atoms with Gasteiger partial charge in [-0.25, -0.2) is 18.7 Å². The SMILES string of the molecule is C.C.CC(Br)c1nc2ccccc2c(=O)n1-c1ccc(F)cc1.CCc1nc2ccccc2c(=O)n1-c1ccc(F)cc1. The average Bonchev–Trinajstić information content (AvgIpc) is 2.98. The number of benzene rings is 4. The van der Waals surface area contributed by atoms with E-state index in [2.05, 4.69) is 25.9 Å². The van der Waals surface area contributed by atoms with Crippen LogP contribution in [0.1, 0.15) is 45.2 Å². The number of rotatable bonds is 4. The number of alkyl halides is 1. The maximum atomic E-state index is 13.1. The Bertz CT molecular complexity index is 1970. The Morgan fingerprint density at radius 1 is 0.674 bits per heavy atom. The van der Waals surface area contributed by atoms with Crippen LogP contribution in [0, 0.1) is 11.6 Å². The summed E-state index contributed by atoms with van der Waals surface area (Å²) in [5, 5.41) is 1.10. The molecule has 0 aliphatic rings. The third-order valence-electron chi connectivity index (χ3n) is 6.49. The van der Waals surface area contributed by atoms with Crippen molar-refractivity contribution in [3.63, 3.8) is 0 Å². The number of hydrogen-bond donors (Lipinski definition) is 0. The fourth-order valence-corrected chi connectivity index (χ4v) is 4.84. The van der Waals surface area contributed by atoms with Crippen LogP contribution in [0.25, 0.3) is 33.2 Å². The summed E-state index contributed by atoms with van der Waals surface area (Å²) < 4.78 is 29.2. The first-order valence-electron chi connectivity index (χ1n) is 13.0. The van der Waals surface area contributed by atoms with Gasteiger partial charge in [0.25, 0.3) is 11.1 Å². The molecular weight excluding hydrogens is 614 g/mol. The molecule has 0 N–H and O–H groups in total. The van der Waals surface area contributed by atoms with Crippen molar-refractivity contribution in [3.8, 4) is 11.4 Å². The highest BCUT2D eigenvalue weighted by Crippen LogP contribution is 2.23. The predicted octanol–water partition coefficient (Wildman–Crippen LogP) is 8.34. The van der Waals surface area contributed by atoms with Gasteiger partial charge in [-0.3, -0.25) is 18.7 Å². The highest BCUT2D eigenvalue weighted by atomic mass is 79.9. The largest absolute Gasteiger partial charge is 0.268 e. The molecule has 222 valence electrons. The molecular formula is C34H33BrF2N4O2. The van der Waals surface area contributed by atoms with Crippen LogP contribution in [0.15, 0.2) is 107 Å². The van der Waals surface area contributed by atoms with Gasteiger partial charge in [-0.05, 0) is 79.7 Å². The van der Waals surface area contributed by atoms with Gasteiger partial charge in [-0.1, -0.05) is 62.0 Å². The van der Waals surface area contributed by atoms with Crippen molar-refractivity contribution in [1.82, 2.24) is 19.1 Å². The minimum absolute atomic E-state index is 0. The van der Waals surface area contributed by atoms with Gasteiger partial charge in [0, 0.05) is 6.42 Å². The van der Waals surface area contributed by atoms with E-state index in [1.54, 1.807) is 47.0 Å². The summed E-state index contributed by atoms with van der Waals surface area (Å²) in [6, 6.07) is 26.1. The number of aryl methyl sites for hydroxylation is 1. The zero-order valence-corrected chi connectivity index (χ0v) is 23.8. The van der Waals surface area contributed by atoms with Gasteiger partial charge in [0.15, 0.2) is 0 Å². The van der Waals surface area contributed by atoms with E-state index in [-0.39, 0.29) is 42.4 Å². The summed E-state index contributed by atoms with van der Waals surface area (Å²) in [6.07, 6.45) is 0.622. The van der Waals surface area contributed by atoms with Gasteiger partial charge in [0.05, 0.1) is 38.0 Å². The van der Waals surface area contributed by atoms with E-state index in [9.17, 15) is 18.4 Å². The smallest absolute Gasteiger partial charge is 0.265 e. The summed E-state index contributed by atoms with van der Waals surface area (Å²) in [5.74, 6) is 0.591. The zero-order chi connectivity index (χ0) is 29.1. The number of hydrogen-bond acceptors (Lipinski definition) is 4. The lowest BCUT2D eigenvalue weighted by Crippen LogP contribution is -2.24. The molecule has 2 heterocycles. The van der Waals surface area contributed by atoms with Crippen LogP contribution in [0.2, 0.25) is 0 Å². The maximum Gasteiger partial charge on any atom is 0.265 e. The van der Waals surface area contributed by atoms with Crippen molar-refractivity contribution in [2.24, 2.45) is 0 Å². The van der Waals surface area contributed by atoms with Gasteiger partial charge in [-0.2, -0.15) is 0 Å². The molecule has 0 fully saturated rings. The number of aromatic nitrogens is 4. The molecule has 1 unspecified atom stereocenters. The second-order valence-electron chi connectivity index (χ2n) is 9.24.